The van der Waals surface area contributed by atoms with Crippen molar-refractivity contribution in [3.8, 4) is 0 Å². The molecular weight excluding hydrogens is 281 g/mol. The maximum absolute atomic E-state index is 13.6. The van der Waals surface area contributed by atoms with Crippen LogP contribution in [0.2, 0.25) is 5.15 Å². The lowest BCUT2D eigenvalue weighted by Crippen LogP contribution is -2.27. The van der Waals surface area contributed by atoms with E-state index in [0.29, 0.717) is 5.56 Å². The Balaban J connectivity index is 2.21. The number of benzene rings is 1. The number of nitrogens with two attached hydrogens (primary N) is 1. The number of hydrogen-bond acceptors (Lipinski definition) is 3. The topological polar surface area (TPSA) is 59.2 Å². The normalized spacial score (nSPS) is 10.3. The highest BCUT2D eigenvalue weighted by Gasteiger charge is 2.17. The molecule has 4 nitrogen and oxygen atoms in total. The molecule has 1 aromatic heterocycles. The van der Waals surface area contributed by atoms with Crippen molar-refractivity contribution in [3.63, 3.8) is 0 Å². The third-order valence-corrected chi connectivity index (χ3v) is 3.05. The number of aromatic nitrogens is 1. The molecule has 0 unspecified atom stereocenters. The SMILES string of the molecule is CN(Cc1ccccc1F)C(=O)c1cc(Cl)ncc1N. The highest BCUT2D eigenvalue weighted by atomic mass is 35.5. The quantitative estimate of drug-likeness (QED) is 0.885. The molecule has 20 heavy (non-hydrogen) atoms. The van der Waals surface area contributed by atoms with Crippen LogP contribution >= 0.6 is 11.6 Å². The van der Waals surface area contributed by atoms with Crippen LogP contribution in [0.1, 0.15) is 15.9 Å². The molecule has 2 aromatic rings. The highest BCUT2D eigenvalue weighted by Crippen LogP contribution is 2.18. The molecule has 0 aliphatic carbocycles. The van der Waals surface area contributed by atoms with Gasteiger partial charge in [-0.05, 0) is 12.1 Å². The smallest absolute Gasteiger partial charge is 0.256 e. The molecule has 1 amide bonds. The molecule has 0 aliphatic heterocycles. The summed E-state index contributed by atoms with van der Waals surface area (Å²) in [5.41, 5.74) is 6.63. The average molecular weight is 294 g/mol. The fourth-order valence-corrected chi connectivity index (χ4v) is 1.94. The van der Waals surface area contributed by atoms with E-state index >= 15 is 0 Å². The minimum Gasteiger partial charge on any atom is -0.397 e. The molecule has 0 bridgehead atoms. The Morgan fingerprint density at radius 2 is 2.15 bits per heavy atom. The summed E-state index contributed by atoms with van der Waals surface area (Å²) in [6.45, 7) is 0.144. The zero-order valence-electron chi connectivity index (χ0n) is 10.8. The van der Waals surface area contributed by atoms with Crippen LogP contribution in [-0.2, 0) is 6.54 Å². The molecule has 1 heterocycles. The van der Waals surface area contributed by atoms with Gasteiger partial charge in [0, 0.05) is 19.2 Å². The number of hydrogen-bond donors (Lipinski definition) is 1. The molecule has 2 rings (SSSR count). The summed E-state index contributed by atoms with van der Waals surface area (Å²) in [5, 5.41) is 0.182. The van der Waals surface area contributed by atoms with Crippen LogP contribution in [0.15, 0.2) is 36.5 Å². The fourth-order valence-electron chi connectivity index (χ4n) is 1.79. The molecule has 2 N–H and O–H groups in total. The number of carbonyl (C=O) groups excluding carboxylic acids is 1. The first kappa shape index (κ1) is 14.3. The number of nitrogens with zero attached hydrogens (tertiary/aromatic N) is 2. The van der Waals surface area contributed by atoms with Gasteiger partial charge in [0.1, 0.15) is 11.0 Å². The van der Waals surface area contributed by atoms with Gasteiger partial charge in [-0.2, -0.15) is 0 Å². The van der Waals surface area contributed by atoms with Gasteiger partial charge in [-0.25, -0.2) is 9.37 Å². The molecule has 0 atom stereocenters. The van der Waals surface area contributed by atoms with E-state index in [1.807, 2.05) is 0 Å². The predicted octanol–water partition coefficient (Wildman–Crippen LogP) is 2.73. The Bertz CT molecular complexity index is 648. The van der Waals surface area contributed by atoms with Crippen molar-refractivity contribution in [2.24, 2.45) is 0 Å². The number of pyridine rings is 1. The average Bonchev–Trinajstić information content (AvgIpc) is 2.43. The zero-order valence-corrected chi connectivity index (χ0v) is 11.6. The minimum absolute atomic E-state index is 0.144. The first-order valence-electron chi connectivity index (χ1n) is 5.89. The molecule has 0 saturated heterocycles. The maximum atomic E-state index is 13.6. The number of rotatable bonds is 3. The molecule has 6 heteroatoms. The second-order valence-electron chi connectivity index (χ2n) is 4.35. The lowest BCUT2D eigenvalue weighted by atomic mass is 10.1. The summed E-state index contributed by atoms with van der Waals surface area (Å²) in [7, 11) is 1.57. The van der Waals surface area contributed by atoms with E-state index in [4.69, 9.17) is 17.3 Å². The van der Waals surface area contributed by atoms with Gasteiger partial charge in [-0.3, -0.25) is 4.79 Å². The molecular formula is C14H13ClFN3O. The number of halogens is 2. The number of anilines is 1. The zero-order chi connectivity index (χ0) is 14.7. The number of amides is 1. The summed E-state index contributed by atoms with van der Waals surface area (Å²) in [4.78, 5) is 17.4. The van der Waals surface area contributed by atoms with E-state index in [9.17, 15) is 9.18 Å². The summed E-state index contributed by atoms with van der Waals surface area (Å²) >= 11 is 5.75. The van der Waals surface area contributed by atoms with Crippen LogP contribution in [-0.4, -0.2) is 22.8 Å². The van der Waals surface area contributed by atoms with Crippen molar-refractivity contribution < 1.29 is 9.18 Å². The van der Waals surface area contributed by atoms with Crippen molar-refractivity contribution in [2.45, 2.75) is 6.54 Å². The lowest BCUT2D eigenvalue weighted by molar-refractivity contribution is 0.0785. The van der Waals surface area contributed by atoms with Crippen LogP contribution < -0.4 is 5.73 Å². The number of nitrogen functional groups attached to an aromatic ring is 1. The van der Waals surface area contributed by atoms with E-state index in [1.165, 1.54) is 23.2 Å². The molecule has 104 valence electrons. The summed E-state index contributed by atoms with van der Waals surface area (Å²) in [5.74, 6) is -0.692. The molecule has 0 radical (unpaired) electrons. The first-order chi connectivity index (χ1) is 9.49. The summed E-state index contributed by atoms with van der Waals surface area (Å²) in [6.07, 6.45) is 1.33. The van der Waals surface area contributed by atoms with Gasteiger partial charge >= 0.3 is 0 Å². The summed E-state index contributed by atoms with van der Waals surface area (Å²) in [6, 6.07) is 7.69. The van der Waals surface area contributed by atoms with E-state index < -0.39 is 0 Å². The third kappa shape index (κ3) is 3.05. The van der Waals surface area contributed by atoms with E-state index in [0.717, 1.165) is 0 Å². The van der Waals surface area contributed by atoms with Gasteiger partial charge in [-0.15, -0.1) is 0 Å². The van der Waals surface area contributed by atoms with Crippen molar-refractivity contribution in [1.82, 2.24) is 9.88 Å². The molecule has 0 spiro atoms. The second-order valence-corrected chi connectivity index (χ2v) is 4.73. The van der Waals surface area contributed by atoms with Crippen molar-refractivity contribution in [1.29, 1.82) is 0 Å². The van der Waals surface area contributed by atoms with E-state index in [-0.39, 0.29) is 34.7 Å². The molecule has 0 saturated carbocycles. The van der Waals surface area contributed by atoms with Crippen LogP contribution in [0, 0.1) is 5.82 Å². The van der Waals surface area contributed by atoms with Gasteiger partial charge < -0.3 is 10.6 Å². The Labute approximate surface area is 121 Å². The fraction of sp³-hybridized carbons (Fsp3) is 0.143. The van der Waals surface area contributed by atoms with Gasteiger partial charge in [0.25, 0.3) is 5.91 Å². The Hall–Kier alpha value is -2.14. The van der Waals surface area contributed by atoms with Gasteiger partial charge in [0.05, 0.1) is 17.4 Å². The monoisotopic (exact) mass is 293 g/mol. The van der Waals surface area contributed by atoms with Crippen LogP contribution in [0.4, 0.5) is 10.1 Å². The molecule has 0 fully saturated rings. The van der Waals surface area contributed by atoms with E-state index in [1.54, 1.807) is 25.2 Å². The Morgan fingerprint density at radius 1 is 1.45 bits per heavy atom. The van der Waals surface area contributed by atoms with E-state index in [2.05, 4.69) is 4.98 Å². The maximum Gasteiger partial charge on any atom is 0.256 e. The molecule has 0 aliphatic rings. The Kier molecular flexibility index (Phi) is 4.20. The van der Waals surface area contributed by atoms with Crippen molar-refractivity contribution >= 4 is 23.2 Å². The highest BCUT2D eigenvalue weighted by molar-refractivity contribution is 6.29. The third-order valence-electron chi connectivity index (χ3n) is 2.84. The standard InChI is InChI=1S/C14H13ClFN3O/c1-19(8-9-4-2-3-5-11(9)16)14(20)10-6-13(15)18-7-12(10)17/h2-7H,8,17H2,1H3. The van der Waals surface area contributed by atoms with Crippen LogP contribution in [0.25, 0.3) is 0 Å². The minimum atomic E-state index is -0.354. The van der Waals surface area contributed by atoms with Crippen molar-refractivity contribution in [3.05, 3.63) is 58.6 Å². The lowest BCUT2D eigenvalue weighted by Gasteiger charge is -2.18. The Morgan fingerprint density at radius 3 is 2.85 bits per heavy atom. The number of carbonyl (C=O) groups is 1. The van der Waals surface area contributed by atoms with Gasteiger partial charge in [0.2, 0.25) is 0 Å². The van der Waals surface area contributed by atoms with Crippen LogP contribution in [0.5, 0.6) is 0 Å². The summed E-state index contributed by atoms with van der Waals surface area (Å²) < 4.78 is 13.6. The van der Waals surface area contributed by atoms with Gasteiger partial charge in [-0.1, -0.05) is 29.8 Å². The van der Waals surface area contributed by atoms with Gasteiger partial charge in [0.15, 0.2) is 0 Å². The van der Waals surface area contributed by atoms with Crippen LogP contribution in [0.3, 0.4) is 0 Å². The van der Waals surface area contributed by atoms with Crippen molar-refractivity contribution in [2.75, 3.05) is 12.8 Å². The molecule has 1 aromatic carbocycles. The first-order valence-corrected chi connectivity index (χ1v) is 6.26. The largest absolute Gasteiger partial charge is 0.397 e. The second kappa shape index (κ2) is 5.88. The predicted molar refractivity (Wildman–Crippen MR) is 75.9 cm³/mol.